The van der Waals surface area contributed by atoms with Crippen molar-refractivity contribution in [1.29, 1.82) is 0 Å². The molecule has 190 valence electrons. The van der Waals surface area contributed by atoms with Crippen LogP contribution in [0.4, 0.5) is 4.39 Å². The van der Waals surface area contributed by atoms with E-state index in [1.807, 2.05) is 18.5 Å². The van der Waals surface area contributed by atoms with Gasteiger partial charge in [-0.3, -0.25) is 20.0 Å². The molecule has 8 nitrogen and oxygen atoms in total. The van der Waals surface area contributed by atoms with E-state index in [1.165, 1.54) is 25.0 Å². The third-order valence-electron chi connectivity index (χ3n) is 6.89. The molecular formula is C29H27FN8. The van der Waals surface area contributed by atoms with Crippen molar-refractivity contribution in [2.24, 2.45) is 4.99 Å². The molecular weight excluding hydrogens is 479 g/mol. The van der Waals surface area contributed by atoms with Crippen LogP contribution in [0, 0.1) is 5.82 Å². The van der Waals surface area contributed by atoms with E-state index in [0.717, 1.165) is 52.8 Å². The molecule has 1 aromatic carbocycles. The van der Waals surface area contributed by atoms with Gasteiger partial charge >= 0.3 is 0 Å². The van der Waals surface area contributed by atoms with Gasteiger partial charge in [0.1, 0.15) is 11.5 Å². The number of H-pyrrole nitrogens is 2. The molecule has 1 aliphatic heterocycles. The van der Waals surface area contributed by atoms with Gasteiger partial charge in [0, 0.05) is 30.7 Å². The van der Waals surface area contributed by atoms with Gasteiger partial charge in [0.25, 0.3) is 0 Å². The number of rotatable bonds is 7. The van der Waals surface area contributed by atoms with Crippen LogP contribution in [-0.2, 0) is 0 Å². The van der Waals surface area contributed by atoms with E-state index in [4.69, 9.17) is 4.98 Å². The standard InChI is InChI=1S/C29H27FN8/c1-18(10-19(13-31-2)17-38-8-3-4-9-38)21-12-23-27(36-37-28(23)33-14-21)29-34-25-16-32-15-24(26(25)35-29)20-6-5-7-22(30)11-20/h5-7,10-16H,2-4,8-9,17H2,1H3,(H,34,35)(H,33,36,37)/b18-10+,19-13+. The lowest BCUT2D eigenvalue weighted by atomic mass is 10.0. The second kappa shape index (κ2) is 10.1. The number of aliphatic imine (C=N–C) groups is 1. The highest BCUT2D eigenvalue weighted by Gasteiger charge is 2.17. The van der Waals surface area contributed by atoms with Gasteiger partial charge in [0.2, 0.25) is 0 Å². The highest BCUT2D eigenvalue weighted by atomic mass is 19.1. The average molecular weight is 507 g/mol. The van der Waals surface area contributed by atoms with Gasteiger partial charge in [0.15, 0.2) is 11.5 Å². The number of likely N-dealkylation sites (tertiary alicyclic amines) is 1. The summed E-state index contributed by atoms with van der Waals surface area (Å²) in [5.74, 6) is 0.279. The number of aromatic amines is 2. The second-order valence-electron chi connectivity index (χ2n) is 9.57. The Kier molecular flexibility index (Phi) is 6.35. The Morgan fingerprint density at radius 2 is 2.05 bits per heavy atom. The Balaban J connectivity index is 1.37. The van der Waals surface area contributed by atoms with Crippen LogP contribution in [0.15, 0.2) is 71.8 Å². The van der Waals surface area contributed by atoms with Crippen molar-refractivity contribution in [1.82, 2.24) is 35.0 Å². The predicted molar refractivity (Wildman–Crippen MR) is 149 cm³/mol. The molecule has 6 rings (SSSR count). The van der Waals surface area contributed by atoms with E-state index in [1.54, 1.807) is 18.5 Å². The third-order valence-corrected chi connectivity index (χ3v) is 6.89. The fourth-order valence-corrected chi connectivity index (χ4v) is 5.01. The van der Waals surface area contributed by atoms with Crippen molar-refractivity contribution in [3.63, 3.8) is 0 Å². The number of halogens is 1. The molecule has 0 atom stereocenters. The van der Waals surface area contributed by atoms with Crippen LogP contribution in [-0.4, -0.2) is 61.4 Å². The van der Waals surface area contributed by atoms with Crippen LogP contribution in [0.1, 0.15) is 25.3 Å². The van der Waals surface area contributed by atoms with Crippen LogP contribution in [0.25, 0.3) is 50.3 Å². The summed E-state index contributed by atoms with van der Waals surface area (Å²) in [6.07, 6.45) is 11.7. The maximum Gasteiger partial charge on any atom is 0.159 e. The number of hydrogen-bond donors (Lipinski definition) is 2. The summed E-state index contributed by atoms with van der Waals surface area (Å²) < 4.78 is 13.9. The lowest BCUT2D eigenvalue weighted by Gasteiger charge is -2.15. The second-order valence-corrected chi connectivity index (χ2v) is 9.57. The van der Waals surface area contributed by atoms with Crippen LogP contribution < -0.4 is 0 Å². The molecule has 0 amide bonds. The number of pyridine rings is 2. The largest absolute Gasteiger partial charge is 0.335 e. The Morgan fingerprint density at radius 3 is 2.87 bits per heavy atom. The number of aromatic nitrogens is 6. The minimum Gasteiger partial charge on any atom is -0.335 e. The van der Waals surface area contributed by atoms with Crippen LogP contribution in [0.5, 0.6) is 0 Å². The summed E-state index contributed by atoms with van der Waals surface area (Å²) in [6.45, 7) is 8.80. The van der Waals surface area contributed by atoms with E-state index in [-0.39, 0.29) is 5.82 Å². The highest BCUT2D eigenvalue weighted by molar-refractivity contribution is 5.96. The first-order valence-corrected chi connectivity index (χ1v) is 12.6. The number of benzene rings is 1. The van der Waals surface area contributed by atoms with Gasteiger partial charge in [0.05, 0.1) is 22.6 Å². The summed E-state index contributed by atoms with van der Waals surface area (Å²) in [5, 5.41) is 8.38. The first-order chi connectivity index (χ1) is 18.6. The lowest BCUT2D eigenvalue weighted by molar-refractivity contribution is 0.371. The van der Waals surface area contributed by atoms with Crippen molar-refractivity contribution in [3.05, 3.63) is 78.2 Å². The van der Waals surface area contributed by atoms with E-state index in [0.29, 0.717) is 28.2 Å². The number of imidazole rings is 1. The van der Waals surface area contributed by atoms with Crippen LogP contribution in [0.3, 0.4) is 0 Å². The fourth-order valence-electron chi connectivity index (χ4n) is 5.01. The van der Waals surface area contributed by atoms with Crippen LogP contribution in [0.2, 0.25) is 0 Å². The predicted octanol–water partition coefficient (Wildman–Crippen LogP) is 5.79. The average Bonchev–Trinajstić information content (AvgIpc) is 3.67. The molecule has 2 N–H and O–H groups in total. The first kappa shape index (κ1) is 23.9. The zero-order chi connectivity index (χ0) is 26.1. The molecule has 4 aromatic heterocycles. The quantitative estimate of drug-likeness (QED) is 0.215. The van der Waals surface area contributed by atoms with Gasteiger partial charge in [-0.2, -0.15) is 5.10 Å². The SMILES string of the molecule is C=N/C=C(\C=C(/C)c1cnc2[nH]nc(-c3nc4c(-c5cccc(F)c5)cncc4[nH]3)c2c1)CN1CCCC1. The normalized spacial score (nSPS) is 15.1. The molecule has 1 aliphatic rings. The Labute approximate surface area is 219 Å². The van der Waals surface area contributed by atoms with Crippen molar-refractivity contribution in [2.75, 3.05) is 19.6 Å². The molecule has 0 spiro atoms. The molecule has 0 radical (unpaired) electrons. The maximum absolute atomic E-state index is 13.9. The van der Waals surface area contributed by atoms with E-state index >= 15 is 0 Å². The summed E-state index contributed by atoms with van der Waals surface area (Å²) in [4.78, 5) is 23.6. The highest BCUT2D eigenvalue weighted by Crippen LogP contribution is 2.31. The zero-order valence-electron chi connectivity index (χ0n) is 21.1. The summed E-state index contributed by atoms with van der Waals surface area (Å²) in [6, 6.07) is 8.49. The zero-order valence-corrected chi connectivity index (χ0v) is 21.1. The van der Waals surface area contributed by atoms with Crippen LogP contribution >= 0.6 is 0 Å². The number of allylic oxidation sites excluding steroid dienone is 1. The number of hydrogen-bond acceptors (Lipinski definition) is 6. The summed E-state index contributed by atoms with van der Waals surface area (Å²) in [7, 11) is 0. The van der Waals surface area contributed by atoms with Gasteiger partial charge in [-0.25, -0.2) is 14.4 Å². The van der Waals surface area contributed by atoms with E-state index in [2.05, 4.69) is 60.8 Å². The topological polar surface area (TPSA) is 98.7 Å². The van der Waals surface area contributed by atoms with Crippen molar-refractivity contribution >= 4 is 34.4 Å². The monoisotopic (exact) mass is 506 g/mol. The molecule has 0 aliphatic carbocycles. The number of nitrogens with zero attached hydrogens (tertiary/aromatic N) is 6. The molecule has 0 saturated carbocycles. The lowest BCUT2D eigenvalue weighted by Crippen LogP contribution is -2.21. The molecule has 38 heavy (non-hydrogen) atoms. The molecule has 0 unspecified atom stereocenters. The Morgan fingerprint density at radius 1 is 1.18 bits per heavy atom. The minimum atomic E-state index is -0.308. The molecule has 9 heteroatoms. The van der Waals surface area contributed by atoms with Gasteiger partial charge in [-0.05, 0) is 80.0 Å². The Bertz CT molecular complexity index is 1700. The summed E-state index contributed by atoms with van der Waals surface area (Å²) in [5.41, 5.74) is 7.39. The molecule has 1 saturated heterocycles. The van der Waals surface area contributed by atoms with Gasteiger partial charge in [-0.1, -0.05) is 18.2 Å². The van der Waals surface area contributed by atoms with Gasteiger partial charge in [-0.15, -0.1) is 0 Å². The van der Waals surface area contributed by atoms with Crippen molar-refractivity contribution in [3.8, 4) is 22.6 Å². The first-order valence-electron chi connectivity index (χ1n) is 12.6. The van der Waals surface area contributed by atoms with E-state index in [9.17, 15) is 4.39 Å². The molecule has 1 fully saturated rings. The summed E-state index contributed by atoms with van der Waals surface area (Å²) >= 11 is 0. The molecule has 0 bridgehead atoms. The van der Waals surface area contributed by atoms with Crippen molar-refractivity contribution < 1.29 is 4.39 Å². The third kappa shape index (κ3) is 4.64. The smallest absolute Gasteiger partial charge is 0.159 e. The number of nitrogens with one attached hydrogen (secondary N) is 2. The van der Waals surface area contributed by atoms with E-state index < -0.39 is 0 Å². The molecule has 5 heterocycles. The maximum atomic E-state index is 13.9. The molecule has 5 aromatic rings. The number of fused-ring (bicyclic) bond motifs is 2. The minimum absolute atomic E-state index is 0.308. The van der Waals surface area contributed by atoms with Crippen molar-refractivity contribution in [2.45, 2.75) is 19.8 Å². The Hall–Kier alpha value is -4.50. The van der Waals surface area contributed by atoms with Gasteiger partial charge < -0.3 is 4.98 Å². The fraction of sp³-hybridized carbons (Fsp3) is 0.207.